The van der Waals surface area contributed by atoms with Crippen LogP contribution in [0.25, 0.3) is 10.9 Å². The summed E-state index contributed by atoms with van der Waals surface area (Å²) >= 11 is 4.82. The van der Waals surface area contributed by atoms with E-state index in [-0.39, 0.29) is 17.9 Å². The molecule has 2 bridgehead atoms. The molecule has 3 aliphatic carbocycles. The number of aromatic amines is 1. The molecular formula is C27H25N3O3S. The molecule has 7 heteroatoms. The number of phenols is 1. The lowest BCUT2D eigenvalue weighted by molar-refractivity contribution is -0.173. The molecule has 1 saturated carbocycles. The van der Waals surface area contributed by atoms with Crippen LogP contribution in [0.2, 0.25) is 0 Å². The summed E-state index contributed by atoms with van der Waals surface area (Å²) in [5.41, 5.74) is 4.56. The molecule has 3 heterocycles. The highest BCUT2D eigenvalue weighted by Gasteiger charge is 2.72. The average molecular weight is 472 g/mol. The third kappa shape index (κ3) is 2.20. The van der Waals surface area contributed by atoms with E-state index in [1.165, 1.54) is 18.4 Å². The number of benzene rings is 2. The predicted molar refractivity (Wildman–Crippen MR) is 131 cm³/mol. The Hall–Kier alpha value is -2.70. The maximum atomic E-state index is 12.8. The van der Waals surface area contributed by atoms with Crippen LogP contribution in [0.5, 0.6) is 11.5 Å². The second-order valence-corrected chi connectivity index (χ2v) is 11.1. The van der Waals surface area contributed by atoms with Gasteiger partial charge in [-0.25, -0.2) is 0 Å². The van der Waals surface area contributed by atoms with Gasteiger partial charge in [0.2, 0.25) is 0 Å². The number of piperidine rings is 1. The number of likely N-dealkylation sites (tertiary alicyclic amines) is 1. The molecule has 5 aliphatic rings. The number of aromatic nitrogens is 1. The number of fused-ring (bicyclic) bond motifs is 4. The van der Waals surface area contributed by atoms with Gasteiger partial charge in [-0.15, -0.1) is 0 Å². The van der Waals surface area contributed by atoms with Crippen LogP contribution < -0.4 is 4.74 Å². The lowest BCUT2D eigenvalue weighted by Gasteiger charge is -2.62. The van der Waals surface area contributed by atoms with Crippen LogP contribution >= 0.6 is 12.2 Å². The maximum absolute atomic E-state index is 12.8. The van der Waals surface area contributed by atoms with E-state index < -0.39 is 11.0 Å². The van der Waals surface area contributed by atoms with Gasteiger partial charge in [-0.3, -0.25) is 4.90 Å². The van der Waals surface area contributed by atoms with Gasteiger partial charge in [-0.05, 0) is 85.8 Å². The fourth-order valence-corrected chi connectivity index (χ4v) is 7.84. The molecular weight excluding hydrogens is 446 g/mol. The van der Waals surface area contributed by atoms with Gasteiger partial charge >= 0.3 is 0 Å². The van der Waals surface area contributed by atoms with Gasteiger partial charge in [-0.2, -0.15) is 4.99 Å². The van der Waals surface area contributed by atoms with E-state index in [2.05, 4.69) is 20.0 Å². The molecule has 34 heavy (non-hydrogen) atoms. The Morgan fingerprint density at radius 3 is 2.97 bits per heavy atom. The minimum atomic E-state index is -0.984. The van der Waals surface area contributed by atoms with Crippen LogP contribution in [0.1, 0.15) is 47.8 Å². The number of hydrogen-bond acceptors (Lipinski definition) is 6. The summed E-state index contributed by atoms with van der Waals surface area (Å²) in [5, 5.41) is 27.1. The summed E-state index contributed by atoms with van der Waals surface area (Å²) in [6, 6.07) is 9.79. The van der Waals surface area contributed by atoms with Crippen LogP contribution in [0.15, 0.2) is 35.3 Å². The molecule has 1 spiro atoms. The first-order valence-electron chi connectivity index (χ1n) is 12.2. The number of phenolic OH excluding ortho intramolecular Hbond substituents is 1. The molecule has 2 aromatic carbocycles. The number of hydrogen-bond donors (Lipinski definition) is 3. The number of rotatable bonds is 3. The summed E-state index contributed by atoms with van der Waals surface area (Å²) in [4.78, 5) is 10.4. The van der Waals surface area contributed by atoms with Crippen LogP contribution in [0.4, 0.5) is 5.69 Å². The zero-order valence-electron chi connectivity index (χ0n) is 18.7. The third-order valence-electron chi connectivity index (χ3n) is 9.32. The number of aromatic hydroxyl groups is 1. The van der Waals surface area contributed by atoms with E-state index in [0.29, 0.717) is 12.2 Å². The van der Waals surface area contributed by atoms with Crippen molar-refractivity contribution >= 4 is 34.0 Å². The molecule has 1 aromatic heterocycles. The first-order chi connectivity index (χ1) is 16.5. The van der Waals surface area contributed by atoms with Gasteiger partial charge in [0.15, 0.2) is 17.6 Å². The largest absolute Gasteiger partial charge is 0.504 e. The number of nitrogens with zero attached hydrogens (tertiary/aromatic N) is 2. The molecule has 2 fully saturated rings. The third-order valence-corrected chi connectivity index (χ3v) is 9.41. The van der Waals surface area contributed by atoms with Crippen molar-refractivity contribution in [1.82, 2.24) is 9.88 Å². The lowest BCUT2D eigenvalue weighted by atomic mass is 9.49. The number of aliphatic imine (C=N–C) groups is 1. The van der Waals surface area contributed by atoms with Crippen molar-refractivity contribution in [3.05, 3.63) is 52.7 Å². The Balaban J connectivity index is 1.40. The summed E-state index contributed by atoms with van der Waals surface area (Å²) in [7, 11) is 0. The highest BCUT2D eigenvalue weighted by atomic mass is 32.1. The van der Waals surface area contributed by atoms with Crippen LogP contribution in [-0.4, -0.2) is 50.0 Å². The topological polar surface area (TPSA) is 81.1 Å². The summed E-state index contributed by atoms with van der Waals surface area (Å²) in [5.74, 6) is 1.49. The summed E-state index contributed by atoms with van der Waals surface area (Å²) < 4.78 is 6.62. The number of isothiocyanates is 1. The number of ether oxygens (including phenoxy) is 1. The van der Waals surface area contributed by atoms with Gasteiger partial charge in [0.25, 0.3) is 0 Å². The van der Waals surface area contributed by atoms with Crippen molar-refractivity contribution in [3.8, 4) is 11.5 Å². The molecule has 3 aromatic rings. The van der Waals surface area contributed by atoms with E-state index in [4.69, 9.17) is 17.0 Å². The normalized spacial score (nSPS) is 32.6. The van der Waals surface area contributed by atoms with Crippen LogP contribution in [-0.2, 0) is 18.3 Å². The molecule has 172 valence electrons. The van der Waals surface area contributed by atoms with E-state index >= 15 is 0 Å². The van der Waals surface area contributed by atoms with Crippen molar-refractivity contribution in [1.29, 1.82) is 0 Å². The molecule has 1 saturated heterocycles. The fourth-order valence-electron chi connectivity index (χ4n) is 7.73. The minimum Gasteiger partial charge on any atom is -0.504 e. The van der Waals surface area contributed by atoms with Gasteiger partial charge in [-0.1, -0.05) is 6.07 Å². The Kier molecular flexibility index (Phi) is 3.63. The first kappa shape index (κ1) is 19.6. The van der Waals surface area contributed by atoms with Gasteiger partial charge in [0, 0.05) is 35.5 Å². The Morgan fingerprint density at radius 1 is 1.26 bits per heavy atom. The first-order valence-corrected chi connectivity index (χ1v) is 12.6. The van der Waals surface area contributed by atoms with Gasteiger partial charge in [0.1, 0.15) is 0 Å². The molecule has 0 amide bonds. The maximum Gasteiger partial charge on any atom is 0.166 e. The van der Waals surface area contributed by atoms with Gasteiger partial charge < -0.3 is 19.9 Å². The summed E-state index contributed by atoms with van der Waals surface area (Å²) in [6.07, 6.45) is 4.37. The molecule has 2 aliphatic heterocycles. The van der Waals surface area contributed by atoms with Crippen LogP contribution in [0, 0.1) is 5.92 Å². The predicted octanol–water partition coefficient (Wildman–Crippen LogP) is 4.31. The number of thiocarbonyl (C=S) groups is 1. The van der Waals surface area contributed by atoms with Gasteiger partial charge in [0.05, 0.1) is 27.6 Å². The lowest BCUT2D eigenvalue weighted by Crippen LogP contribution is -2.74. The quantitative estimate of drug-likeness (QED) is 0.392. The van der Waals surface area contributed by atoms with E-state index in [1.54, 1.807) is 6.07 Å². The smallest absolute Gasteiger partial charge is 0.166 e. The minimum absolute atomic E-state index is 0.0243. The van der Waals surface area contributed by atoms with E-state index in [9.17, 15) is 10.2 Å². The second kappa shape index (κ2) is 6.29. The van der Waals surface area contributed by atoms with Crippen molar-refractivity contribution in [2.45, 2.75) is 55.3 Å². The average Bonchev–Trinajstić information content (AvgIpc) is 3.46. The standard InChI is InChI=1S/C27H25N3O3S/c31-20-6-3-15-9-21-27(32)11-18-17-10-16(28-13-34)4-5-19(17)29-23(18)25-26(27,22(15)24(20)33-25)7-8-30(21)12-14-1-2-14/h3-6,10,14,21,25,29,31-32H,1-2,7-9,11-12H2/t21-,25+,26+,27-/m1/s1. The zero-order chi connectivity index (χ0) is 22.8. The number of aliphatic hydroxyl groups is 1. The van der Waals surface area contributed by atoms with Crippen LogP contribution in [0.3, 0.4) is 0 Å². The molecule has 3 N–H and O–H groups in total. The van der Waals surface area contributed by atoms with Crippen molar-refractivity contribution < 1.29 is 14.9 Å². The fraction of sp³-hybridized carbons (Fsp3) is 0.444. The van der Waals surface area contributed by atoms with E-state index in [0.717, 1.165) is 65.3 Å². The number of nitrogens with one attached hydrogen (secondary N) is 1. The van der Waals surface area contributed by atoms with E-state index in [1.807, 2.05) is 24.3 Å². The zero-order valence-corrected chi connectivity index (χ0v) is 19.5. The monoisotopic (exact) mass is 471 g/mol. The second-order valence-electron chi connectivity index (χ2n) is 10.9. The molecule has 6 nitrogen and oxygen atoms in total. The van der Waals surface area contributed by atoms with Crippen molar-refractivity contribution in [2.75, 3.05) is 13.1 Å². The summed E-state index contributed by atoms with van der Waals surface area (Å²) in [6.45, 7) is 2.00. The number of H-pyrrole nitrogens is 1. The molecule has 0 radical (unpaired) electrons. The Morgan fingerprint density at radius 2 is 2.15 bits per heavy atom. The highest BCUT2D eigenvalue weighted by molar-refractivity contribution is 7.78. The SMILES string of the molecule is Oc1ccc2c3c1O[C@H]1c4[nH]c5ccc(N=C=S)cc5c4C[C@@]4(O)[C@@H](C2)N(CC2CC2)CC[C@]314. The van der Waals surface area contributed by atoms with Crippen molar-refractivity contribution in [2.24, 2.45) is 10.9 Å². The Labute approximate surface area is 202 Å². The Bertz CT molecular complexity index is 1460. The molecule has 0 unspecified atom stereocenters. The molecule has 8 rings (SSSR count). The highest BCUT2D eigenvalue weighted by Crippen LogP contribution is 2.69. The van der Waals surface area contributed by atoms with Crippen molar-refractivity contribution in [3.63, 3.8) is 0 Å². The molecule has 4 atom stereocenters.